The largest absolute Gasteiger partial charge is 0.393 e. The van der Waals surface area contributed by atoms with Crippen LogP contribution in [0.4, 0.5) is 5.95 Å². The van der Waals surface area contributed by atoms with E-state index in [4.69, 9.17) is 4.98 Å². The van der Waals surface area contributed by atoms with Gasteiger partial charge in [0.1, 0.15) is 0 Å². The Morgan fingerprint density at radius 2 is 1.67 bits per heavy atom. The minimum Gasteiger partial charge on any atom is -0.393 e. The number of nitrogens with one attached hydrogen (secondary N) is 1. The number of hydrogen-bond acceptors (Lipinski definition) is 6. The molecule has 0 atom stereocenters. The van der Waals surface area contributed by atoms with Crippen LogP contribution in [0.1, 0.15) is 64.2 Å². The number of rotatable bonds is 3. The maximum Gasteiger partial charge on any atom is 0.225 e. The Morgan fingerprint density at radius 1 is 1.00 bits per heavy atom. The molecule has 5 fully saturated rings. The predicted octanol–water partition coefficient (Wildman–Crippen LogP) is 2.86. The molecule has 0 spiro atoms. The van der Waals surface area contributed by atoms with Gasteiger partial charge in [0.2, 0.25) is 5.95 Å². The third kappa shape index (κ3) is 2.65. The molecule has 0 radical (unpaired) electrons. The molecule has 7 heteroatoms. The summed E-state index contributed by atoms with van der Waals surface area (Å²) in [6.07, 6.45) is 13.3. The molecule has 7 nitrogen and oxygen atoms in total. The maximum absolute atomic E-state index is 9.72. The summed E-state index contributed by atoms with van der Waals surface area (Å²) in [5.41, 5.74) is 1.82. The number of nitrogens with zero attached hydrogens (tertiary/aromatic N) is 5. The van der Waals surface area contributed by atoms with E-state index in [9.17, 15) is 5.11 Å². The van der Waals surface area contributed by atoms with Crippen LogP contribution in [0, 0.1) is 17.8 Å². The van der Waals surface area contributed by atoms with Crippen LogP contribution in [-0.4, -0.2) is 42.2 Å². The van der Waals surface area contributed by atoms with Crippen molar-refractivity contribution in [3.8, 4) is 0 Å². The van der Waals surface area contributed by atoms with Crippen molar-refractivity contribution < 1.29 is 5.11 Å². The van der Waals surface area contributed by atoms with Crippen LogP contribution >= 0.6 is 0 Å². The fraction of sp³-hybridized carbons (Fsp3) is 0.800. The van der Waals surface area contributed by atoms with Crippen LogP contribution < -0.4 is 5.32 Å². The van der Waals surface area contributed by atoms with Crippen molar-refractivity contribution in [2.45, 2.75) is 81.9 Å². The molecule has 0 saturated heterocycles. The molecular weight excluding hydrogens is 340 g/mol. The molecule has 0 amide bonds. The summed E-state index contributed by atoms with van der Waals surface area (Å²) >= 11 is 0. The average Bonchev–Trinajstić information content (AvgIpc) is 3.07. The van der Waals surface area contributed by atoms with Gasteiger partial charge in [-0.3, -0.25) is 0 Å². The highest BCUT2D eigenvalue weighted by Crippen LogP contribution is 2.58. The minimum atomic E-state index is -0.145. The highest BCUT2D eigenvalue weighted by atomic mass is 16.3. The molecule has 5 aliphatic carbocycles. The Balaban J connectivity index is 1.32. The van der Waals surface area contributed by atoms with Gasteiger partial charge in [0.25, 0.3) is 0 Å². The molecule has 27 heavy (non-hydrogen) atoms. The van der Waals surface area contributed by atoms with Crippen LogP contribution in [0.15, 0.2) is 6.20 Å². The van der Waals surface area contributed by atoms with E-state index in [0.717, 1.165) is 54.6 Å². The van der Waals surface area contributed by atoms with Crippen molar-refractivity contribution in [2.24, 2.45) is 17.8 Å². The van der Waals surface area contributed by atoms with Gasteiger partial charge in [-0.2, -0.15) is 4.98 Å². The average molecular weight is 368 g/mol. The smallest absolute Gasteiger partial charge is 0.225 e. The van der Waals surface area contributed by atoms with E-state index >= 15 is 0 Å². The highest BCUT2D eigenvalue weighted by Gasteiger charge is 2.53. The summed E-state index contributed by atoms with van der Waals surface area (Å²) < 4.78 is 2.17. The van der Waals surface area contributed by atoms with Crippen LogP contribution in [0.2, 0.25) is 0 Å². The Morgan fingerprint density at radius 3 is 2.33 bits per heavy atom. The molecule has 0 aromatic carbocycles. The number of hydrogen-bond donors (Lipinski definition) is 2. The van der Waals surface area contributed by atoms with Crippen molar-refractivity contribution in [3.63, 3.8) is 0 Å². The SMILES string of the molecule is OC1CCC(Nc2ncc3nnn(C45CC6CC(CC(C6)C4)C5)c3n2)CC1. The highest BCUT2D eigenvalue weighted by molar-refractivity contribution is 5.70. The Bertz CT molecular complexity index is 820. The molecule has 0 aliphatic heterocycles. The van der Waals surface area contributed by atoms with Crippen LogP contribution in [0.3, 0.4) is 0 Å². The number of aliphatic hydroxyl groups is 1. The van der Waals surface area contributed by atoms with Gasteiger partial charge in [-0.25, -0.2) is 9.67 Å². The first kappa shape index (κ1) is 16.2. The summed E-state index contributed by atoms with van der Waals surface area (Å²) in [5, 5.41) is 22.2. The lowest BCUT2D eigenvalue weighted by atomic mass is 9.53. The molecule has 7 rings (SSSR count). The van der Waals surface area contributed by atoms with E-state index in [-0.39, 0.29) is 11.6 Å². The summed E-state index contributed by atoms with van der Waals surface area (Å²) in [4.78, 5) is 9.34. The first-order valence-electron chi connectivity index (χ1n) is 10.7. The lowest BCUT2D eigenvalue weighted by Crippen LogP contribution is -2.52. The van der Waals surface area contributed by atoms with E-state index in [0.29, 0.717) is 12.0 Å². The number of fused-ring (bicyclic) bond motifs is 1. The van der Waals surface area contributed by atoms with Crippen LogP contribution in [-0.2, 0) is 5.54 Å². The lowest BCUT2D eigenvalue weighted by Gasteiger charge is -2.56. The molecule has 2 N–H and O–H groups in total. The van der Waals surface area contributed by atoms with E-state index < -0.39 is 0 Å². The Labute approximate surface area is 159 Å². The zero-order valence-corrected chi connectivity index (χ0v) is 15.7. The topological polar surface area (TPSA) is 88.8 Å². The maximum atomic E-state index is 9.72. The van der Waals surface area contributed by atoms with E-state index in [1.54, 1.807) is 0 Å². The fourth-order valence-electron chi connectivity index (χ4n) is 6.84. The van der Waals surface area contributed by atoms with Gasteiger partial charge < -0.3 is 10.4 Å². The minimum absolute atomic E-state index is 0.129. The molecule has 5 saturated carbocycles. The zero-order chi connectivity index (χ0) is 18.0. The normalized spacial score (nSPS) is 40.6. The van der Waals surface area contributed by atoms with E-state index in [2.05, 4.69) is 25.3 Å². The molecule has 2 aromatic rings. The predicted molar refractivity (Wildman–Crippen MR) is 101 cm³/mol. The van der Waals surface area contributed by atoms with Crippen molar-refractivity contribution >= 4 is 17.1 Å². The molecular formula is C20H28N6O. The van der Waals surface area contributed by atoms with Gasteiger partial charge in [-0.1, -0.05) is 5.21 Å². The van der Waals surface area contributed by atoms with Crippen molar-refractivity contribution in [3.05, 3.63) is 6.20 Å². The molecule has 5 aliphatic rings. The van der Waals surface area contributed by atoms with E-state index in [1.165, 1.54) is 38.5 Å². The second-order valence-corrected chi connectivity index (χ2v) is 9.70. The summed E-state index contributed by atoms with van der Waals surface area (Å²) in [6, 6.07) is 0.342. The molecule has 2 aromatic heterocycles. The van der Waals surface area contributed by atoms with Gasteiger partial charge in [0.05, 0.1) is 17.8 Å². The van der Waals surface area contributed by atoms with E-state index in [1.807, 2.05) is 6.20 Å². The Kier molecular flexibility index (Phi) is 3.52. The van der Waals surface area contributed by atoms with Crippen LogP contribution in [0.25, 0.3) is 11.2 Å². The zero-order valence-electron chi connectivity index (χ0n) is 15.7. The van der Waals surface area contributed by atoms with Crippen LogP contribution in [0.5, 0.6) is 0 Å². The standard InChI is InChI=1S/C20H28N6O/c27-16-3-1-15(2-4-16)22-19-21-11-17-18(23-19)26(25-24-17)20-8-12-5-13(9-20)7-14(6-12)10-20/h11-16,27H,1-10H2,(H,21,22,23). The van der Waals surface area contributed by atoms with Gasteiger partial charge in [0.15, 0.2) is 11.2 Å². The third-order valence-electron chi connectivity index (χ3n) is 7.68. The molecule has 0 unspecified atom stereocenters. The van der Waals surface area contributed by atoms with Gasteiger partial charge in [-0.15, -0.1) is 5.10 Å². The third-order valence-corrected chi connectivity index (χ3v) is 7.68. The van der Waals surface area contributed by atoms with Gasteiger partial charge in [-0.05, 0) is 82.0 Å². The summed E-state index contributed by atoms with van der Waals surface area (Å²) in [5.74, 6) is 3.27. The van der Waals surface area contributed by atoms with Crippen molar-refractivity contribution in [1.82, 2.24) is 25.0 Å². The first-order chi connectivity index (χ1) is 13.2. The molecule has 144 valence electrons. The quantitative estimate of drug-likeness (QED) is 0.866. The fourth-order valence-corrected chi connectivity index (χ4v) is 6.84. The lowest BCUT2D eigenvalue weighted by molar-refractivity contribution is -0.0481. The van der Waals surface area contributed by atoms with Crippen molar-refractivity contribution in [1.29, 1.82) is 0 Å². The number of aliphatic hydroxyl groups excluding tert-OH is 1. The summed E-state index contributed by atoms with van der Waals surface area (Å²) in [6.45, 7) is 0. The summed E-state index contributed by atoms with van der Waals surface area (Å²) in [7, 11) is 0. The second kappa shape index (κ2) is 5.87. The first-order valence-corrected chi connectivity index (χ1v) is 10.7. The number of aromatic nitrogens is 5. The second-order valence-electron chi connectivity index (χ2n) is 9.70. The monoisotopic (exact) mass is 368 g/mol. The number of anilines is 1. The molecule has 4 bridgehead atoms. The van der Waals surface area contributed by atoms with Crippen molar-refractivity contribution in [2.75, 3.05) is 5.32 Å². The molecule has 2 heterocycles. The Hall–Kier alpha value is -1.76. The van der Waals surface area contributed by atoms with Gasteiger partial charge in [0, 0.05) is 6.04 Å². The van der Waals surface area contributed by atoms with Gasteiger partial charge >= 0.3 is 0 Å².